The molecule has 1 aromatic rings. The van der Waals surface area contributed by atoms with Crippen molar-refractivity contribution < 1.29 is 18.3 Å². The lowest BCUT2D eigenvalue weighted by Crippen LogP contribution is -2.47. The van der Waals surface area contributed by atoms with Gasteiger partial charge in [-0.2, -0.15) is 13.2 Å². The van der Waals surface area contributed by atoms with Gasteiger partial charge in [0, 0.05) is 0 Å². The molecule has 0 amide bonds. The van der Waals surface area contributed by atoms with Crippen LogP contribution in [0.3, 0.4) is 0 Å². The molecule has 0 heterocycles. The second kappa shape index (κ2) is 3.73. The lowest BCUT2D eigenvalue weighted by Gasteiger charge is -2.50. The van der Waals surface area contributed by atoms with Crippen LogP contribution in [-0.2, 0) is 6.18 Å². The molecule has 0 bridgehead atoms. The molecule has 0 spiro atoms. The summed E-state index contributed by atoms with van der Waals surface area (Å²) >= 11 is 0. The predicted molar refractivity (Wildman–Crippen MR) is 58.6 cm³/mol. The molecule has 94 valence electrons. The van der Waals surface area contributed by atoms with Gasteiger partial charge in [-0.15, -0.1) is 0 Å². The SMILES string of the molecule is CC1(C)C(O)CC1c1ccccc1C(F)(F)F. The number of alkyl halides is 3. The minimum absolute atomic E-state index is 0.227. The number of aliphatic hydroxyl groups excluding tert-OH is 1. The summed E-state index contributed by atoms with van der Waals surface area (Å²) in [6.07, 6.45) is -4.44. The van der Waals surface area contributed by atoms with E-state index in [2.05, 4.69) is 0 Å². The number of halogens is 3. The molecule has 2 rings (SSSR count). The zero-order valence-electron chi connectivity index (χ0n) is 9.75. The van der Waals surface area contributed by atoms with Crippen molar-refractivity contribution in [3.8, 4) is 0 Å². The molecule has 1 nitrogen and oxygen atoms in total. The first-order valence-corrected chi connectivity index (χ1v) is 5.59. The van der Waals surface area contributed by atoms with Crippen molar-refractivity contribution >= 4 is 0 Å². The van der Waals surface area contributed by atoms with Crippen LogP contribution in [0.1, 0.15) is 37.3 Å². The minimum atomic E-state index is -4.33. The van der Waals surface area contributed by atoms with E-state index in [0.29, 0.717) is 12.0 Å². The van der Waals surface area contributed by atoms with Gasteiger partial charge in [0.05, 0.1) is 11.7 Å². The van der Waals surface area contributed by atoms with Crippen LogP contribution in [0.2, 0.25) is 0 Å². The topological polar surface area (TPSA) is 20.2 Å². The van der Waals surface area contributed by atoms with Gasteiger partial charge < -0.3 is 5.11 Å². The van der Waals surface area contributed by atoms with Crippen molar-refractivity contribution in [3.05, 3.63) is 35.4 Å². The molecular weight excluding hydrogens is 229 g/mol. The minimum Gasteiger partial charge on any atom is -0.393 e. The zero-order chi connectivity index (χ0) is 12.8. The molecule has 1 N–H and O–H groups in total. The van der Waals surface area contributed by atoms with Crippen LogP contribution in [-0.4, -0.2) is 11.2 Å². The average Bonchev–Trinajstić information content (AvgIpc) is 2.24. The lowest BCUT2D eigenvalue weighted by atomic mass is 9.57. The molecule has 2 unspecified atom stereocenters. The molecule has 1 fully saturated rings. The monoisotopic (exact) mass is 244 g/mol. The van der Waals surface area contributed by atoms with Crippen LogP contribution >= 0.6 is 0 Å². The summed E-state index contributed by atoms with van der Waals surface area (Å²) in [7, 11) is 0. The van der Waals surface area contributed by atoms with E-state index >= 15 is 0 Å². The van der Waals surface area contributed by atoms with Crippen molar-refractivity contribution in [3.63, 3.8) is 0 Å². The Morgan fingerprint density at radius 1 is 1.24 bits per heavy atom. The molecule has 1 aromatic carbocycles. The summed E-state index contributed by atoms with van der Waals surface area (Å²) in [6.45, 7) is 3.61. The van der Waals surface area contributed by atoms with E-state index in [-0.39, 0.29) is 5.92 Å². The van der Waals surface area contributed by atoms with Crippen LogP contribution in [0.5, 0.6) is 0 Å². The van der Waals surface area contributed by atoms with E-state index in [1.165, 1.54) is 12.1 Å². The first-order valence-electron chi connectivity index (χ1n) is 5.59. The Hall–Kier alpha value is -1.03. The highest BCUT2D eigenvalue weighted by Gasteiger charge is 2.50. The second-order valence-corrected chi connectivity index (χ2v) is 5.21. The Bertz CT molecular complexity index is 423. The normalized spacial score (nSPS) is 27.6. The average molecular weight is 244 g/mol. The zero-order valence-corrected chi connectivity index (χ0v) is 9.75. The van der Waals surface area contributed by atoms with Gasteiger partial charge in [0.15, 0.2) is 0 Å². The summed E-state index contributed by atoms with van der Waals surface area (Å²) < 4.78 is 38.6. The van der Waals surface area contributed by atoms with Crippen LogP contribution in [0.4, 0.5) is 13.2 Å². The maximum Gasteiger partial charge on any atom is 0.416 e. The van der Waals surface area contributed by atoms with E-state index in [0.717, 1.165) is 6.07 Å². The highest BCUT2D eigenvalue weighted by atomic mass is 19.4. The summed E-state index contributed by atoms with van der Waals surface area (Å²) in [5, 5.41) is 9.62. The smallest absolute Gasteiger partial charge is 0.393 e. The number of aliphatic hydroxyl groups is 1. The van der Waals surface area contributed by atoms with Gasteiger partial charge in [0.25, 0.3) is 0 Å². The summed E-state index contributed by atoms with van der Waals surface area (Å²) in [4.78, 5) is 0. The first kappa shape index (κ1) is 12.4. The van der Waals surface area contributed by atoms with Crippen LogP contribution in [0, 0.1) is 5.41 Å². The Balaban J connectivity index is 2.41. The number of rotatable bonds is 1. The molecule has 0 aliphatic heterocycles. The van der Waals surface area contributed by atoms with Gasteiger partial charge in [-0.05, 0) is 29.4 Å². The van der Waals surface area contributed by atoms with Gasteiger partial charge in [-0.3, -0.25) is 0 Å². The molecule has 4 heteroatoms. The summed E-state index contributed by atoms with van der Waals surface area (Å²) in [6, 6.07) is 5.64. The second-order valence-electron chi connectivity index (χ2n) is 5.21. The lowest BCUT2D eigenvalue weighted by molar-refractivity contribution is -0.140. The molecule has 0 radical (unpaired) electrons. The largest absolute Gasteiger partial charge is 0.416 e. The third-order valence-corrected chi connectivity index (χ3v) is 3.86. The van der Waals surface area contributed by atoms with Gasteiger partial charge >= 0.3 is 6.18 Å². The fourth-order valence-corrected chi connectivity index (χ4v) is 2.49. The Kier molecular flexibility index (Phi) is 2.73. The van der Waals surface area contributed by atoms with E-state index in [9.17, 15) is 18.3 Å². The van der Waals surface area contributed by atoms with Crippen molar-refractivity contribution in [2.24, 2.45) is 5.41 Å². The predicted octanol–water partition coefficient (Wildman–Crippen LogP) is 3.58. The molecule has 2 atom stereocenters. The molecule has 1 aliphatic carbocycles. The summed E-state index contributed by atoms with van der Waals surface area (Å²) in [5.74, 6) is -0.227. The Morgan fingerprint density at radius 2 is 1.82 bits per heavy atom. The van der Waals surface area contributed by atoms with Crippen molar-refractivity contribution in [2.75, 3.05) is 0 Å². The first-order chi connectivity index (χ1) is 7.74. The van der Waals surface area contributed by atoms with E-state index < -0.39 is 23.3 Å². The highest BCUT2D eigenvalue weighted by Crippen LogP contribution is 2.54. The van der Waals surface area contributed by atoms with Crippen LogP contribution < -0.4 is 0 Å². The van der Waals surface area contributed by atoms with Gasteiger partial charge in [0.2, 0.25) is 0 Å². The molecule has 17 heavy (non-hydrogen) atoms. The van der Waals surface area contributed by atoms with Crippen molar-refractivity contribution in [2.45, 2.75) is 38.5 Å². The number of benzene rings is 1. The molecule has 0 saturated heterocycles. The van der Waals surface area contributed by atoms with E-state index in [1.807, 2.05) is 0 Å². The molecule has 0 aromatic heterocycles. The Morgan fingerprint density at radius 3 is 2.29 bits per heavy atom. The third kappa shape index (κ3) is 1.95. The van der Waals surface area contributed by atoms with E-state index in [1.54, 1.807) is 19.9 Å². The maximum atomic E-state index is 12.9. The standard InChI is InChI=1S/C13H15F3O/c1-12(2)10(7-11(12)17)8-5-3-4-6-9(8)13(14,15)16/h3-6,10-11,17H,7H2,1-2H3. The van der Waals surface area contributed by atoms with Gasteiger partial charge in [0.1, 0.15) is 0 Å². The highest BCUT2D eigenvalue weighted by molar-refractivity contribution is 5.36. The molecule has 1 saturated carbocycles. The third-order valence-electron chi connectivity index (χ3n) is 3.86. The van der Waals surface area contributed by atoms with Gasteiger partial charge in [-0.1, -0.05) is 32.0 Å². The molecule has 1 aliphatic rings. The van der Waals surface area contributed by atoms with Crippen LogP contribution in [0.25, 0.3) is 0 Å². The quantitative estimate of drug-likeness (QED) is 0.800. The Labute approximate surface area is 98.3 Å². The van der Waals surface area contributed by atoms with Crippen molar-refractivity contribution in [1.29, 1.82) is 0 Å². The fraction of sp³-hybridized carbons (Fsp3) is 0.538. The van der Waals surface area contributed by atoms with E-state index in [4.69, 9.17) is 0 Å². The van der Waals surface area contributed by atoms with Crippen molar-refractivity contribution in [1.82, 2.24) is 0 Å². The number of hydrogen-bond donors (Lipinski definition) is 1. The summed E-state index contributed by atoms with van der Waals surface area (Å²) in [5.41, 5.74) is -0.762. The van der Waals surface area contributed by atoms with Gasteiger partial charge in [-0.25, -0.2) is 0 Å². The van der Waals surface area contributed by atoms with Crippen LogP contribution in [0.15, 0.2) is 24.3 Å². The number of hydrogen-bond acceptors (Lipinski definition) is 1. The molecular formula is C13H15F3O. The fourth-order valence-electron chi connectivity index (χ4n) is 2.49. The maximum absolute atomic E-state index is 12.9.